The van der Waals surface area contributed by atoms with E-state index in [4.69, 9.17) is 5.26 Å². The van der Waals surface area contributed by atoms with Crippen LogP contribution in [-0.2, 0) is 11.3 Å². The molecule has 2 aromatic carbocycles. The van der Waals surface area contributed by atoms with E-state index in [1.54, 1.807) is 30.3 Å². The smallest absolute Gasteiger partial charge is 0.257 e. The second kappa shape index (κ2) is 7.88. The number of nitrogens with one attached hydrogen (secondary N) is 2. The first-order valence-corrected chi connectivity index (χ1v) is 7.80. The molecular weight excluding hydrogens is 351 g/mol. The number of halogens is 1. The molecule has 134 valence electrons. The van der Waals surface area contributed by atoms with Gasteiger partial charge in [-0.3, -0.25) is 9.59 Å². The highest BCUT2D eigenvalue weighted by molar-refractivity contribution is 6.10. The number of anilines is 2. The van der Waals surface area contributed by atoms with E-state index in [0.29, 0.717) is 11.4 Å². The number of carbonyl (C=O) groups is 2. The van der Waals surface area contributed by atoms with Crippen LogP contribution in [0.15, 0.2) is 54.9 Å². The zero-order chi connectivity index (χ0) is 19.2. The predicted molar refractivity (Wildman–Crippen MR) is 94.2 cm³/mol. The number of hydrogen-bond donors (Lipinski definition) is 2. The molecule has 0 aliphatic carbocycles. The van der Waals surface area contributed by atoms with Gasteiger partial charge in [0.25, 0.3) is 11.7 Å². The monoisotopic (exact) mass is 364 g/mol. The van der Waals surface area contributed by atoms with Crippen LogP contribution in [0, 0.1) is 17.1 Å². The number of benzene rings is 2. The van der Waals surface area contributed by atoms with E-state index in [1.807, 2.05) is 0 Å². The molecule has 9 heteroatoms. The summed E-state index contributed by atoms with van der Waals surface area (Å²) in [6, 6.07) is 13.6. The number of hydrogen-bond acceptors (Lipinski definition) is 5. The van der Waals surface area contributed by atoms with Crippen molar-refractivity contribution in [3.8, 4) is 6.07 Å². The second-order valence-electron chi connectivity index (χ2n) is 5.43. The van der Waals surface area contributed by atoms with Crippen molar-refractivity contribution < 1.29 is 14.0 Å². The summed E-state index contributed by atoms with van der Waals surface area (Å²) in [4.78, 5) is 28.4. The fraction of sp³-hybridized carbons (Fsp3) is 0.0556. The molecule has 3 rings (SSSR count). The predicted octanol–water partition coefficient (Wildman–Crippen LogP) is 2.18. The molecule has 0 fully saturated rings. The van der Waals surface area contributed by atoms with E-state index in [2.05, 4.69) is 20.7 Å². The van der Waals surface area contributed by atoms with Crippen molar-refractivity contribution in [1.82, 2.24) is 14.8 Å². The summed E-state index contributed by atoms with van der Waals surface area (Å²) in [5.41, 5.74) is 0.975. The van der Waals surface area contributed by atoms with Gasteiger partial charge >= 0.3 is 0 Å². The van der Waals surface area contributed by atoms with Crippen LogP contribution in [0.2, 0.25) is 0 Å². The number of nitrogens with zero attached hydrogens (tertiary/aromatic N) is 4. The number of para-hydroxylation sites is 1. The fourth-order valence-corrected chi connectivity index (χ4v) is 2.28. The number of carbonyl (C=O) groups excluding carboxylic acids is 2. The lowest BCUT2D eigenvalue weighted by Gasteiger charge is -2.11. The molecule has 1 heterocycles. The van der Waals surface area contributed by atoms with Crippen LogP contribution in [0.4, 0.5) is 15.8 Å². The topological polar surface area (TPSA) is 113 Å². The minimum absolute atomic E-state index is 0.0399. The van der Waals surface area contributed by atoms with Crippen molar-refractivity contribution in [2.45, 2.75) is 6.54 Å². The summed E-state index contributed by atoms with van der Waals surface area (Å²) in [5, 5.41) is 17.8. The molecule has 0 saturated carbocycles. The highest BCUT2D eigenvalue weighted by atomic mass is 19.1. The fourth-order valence-electron chi connectivity index (χ4n) is 2.28. The summed E-state index contributed by atoms with van der Waals surface area (Å²) in [5.74, 6) is -1.34. The minimum atomic E-state index is -0.454. The van der Waals surface area contributed by atoms with Gasteiger partial charge in [-0.05, 0) is 36.4 Å². The molecule has 0 spiro atoms. The maximum Gasteiger partial charge on any atom is 0.257 e. The summed E-state index contributed by atoms with van der Waals surface area (Å²) in [6.45, 7) is -0.164. The van der Waals surface area contributed by atoms with Crippen LogP contribution in [0.1, 0.15) is 16.2 Å². The van der Waals surface area contributed by atoms with Gasteiger partial charge < -0.3 is 10.6 Å². The summed E-state index contributed by atoms with van der Waals surface area (Å²) in [7, 11) is 0. The molecule has 27 heavy (non-hydrogen) atoms. The van der Waals surface area contributed by atoms with E-state index in [1.165, 1.54) is 35.3 Å². The van der Waals surface area contributed by atoms with Crippen molar-refractivity contribution in [1.29, 1.82) is 5.26 Å². The Labute approximate surface area is 153 Å². The molecule has 2 N–H and O–H groups in total. The van der Waals surface area contributed by atoms with Gasteiger partial charge in [0.1, 0.15) is 24.8 Å². The molecule has 1 aromatic heterocycles. The zero-order valence-electron chi connectivity index (χ0n) is 13.9. The Morgan fingerprint density at radius 1 is 1.11 bits per heavy atom. The normalized spacial score (nSPS) is 10.1. The van der Waals surface area contributed by atoms with Crippen LogP contribution in [0.3, 0.4) is 0 Å². The lowest BCUT2D eigenvalue weighted by atomic mass is 10.1. The van der Waals surface area contributed by atoms with E-state index < -0.39 is 17.6 Å². The Morgan fingerprint density at radius 2 is 1.85 bits per heavy atom. The van der Waals surface area contributed by atoms with Crippen LogP contribution < -0.4 is 10.6 Å². The molecule has 0 radical (unpaired) electrons. The van der Waals surface area contributed by atoms with Crippen LogP contribution in [0.5, 0.6) is 0 Å². The van der Waals surface area contributed by atoms with Gasteiger partial charge in [-0.1, -0.05) is 12.1 Å². The van der Waals surface area contributed by atoms with E-state index in [9.17, 15) is 14.0 Å². The first-order chi connectivity index (χ1) is 13.0. The summed E-state index contributed by atoms with van der Waals surface area (Å²) >= 11 is 0. The SMILES string of the molecule is N#Cc1ncn(CC(=O)Nc2ccccc2C(=O)Nc2ccc(F)cc2)n1. The zero-order valence-corrected chi connectivity index (χ0v) is 13.9. The van der Waals surface area contributed by atoms with Crippen LogP contribution in [0.25, 0.3) is 0 Å². The first-order valence-electron chi connectivity index (χ1n) is 7.80. The van der Waals surface area contributed by atoms with Crippen LogP contribution >= 0.6 is 0 Å². The van der Waals surface area contributed by atoms with Crippen molar-refractivity contribution in [3.05, 3.63) is 72.1 Å². The lowest BCUT2D eigenvalue weighted by molar-refractivity contribution is -0.116. The van der Waals surface area contributed by atoms with Crippen molar-refractivity contribution in [2.24, 2.45) is 0 Å². The van der Waals surface area contributed by atoms with E-state index >= 15 is 0 Å². The Kier molecular flexibility index (Phi) is 5.18. The third-order valence-corrected chi connectivity index (χ3v) is 3.49. The Bertz CT molecular complexity index is 1020. The Hall–Kier alpha value is -4.06. The maximum atomic E-state index is 13.0. The highest BCUT2D eigenvalue weighted by Gasteiger charge is 2.14. The molecule has 0 aliphatic rings. The standard InChI is InChI=1S/C18H13FN6O2/c19-12-5-7-13(8-6-12)22-18(27)14-3-1-2-4-15(14)23-17(26)10-25-11-21-16(9-20)24-25/h1-8,11H,10H2,(H,22,27)(H,23,26). The number of amides is 2. The molecule has 2 amide bonds. The van der Waals surface area contributed by atoms with E-state index in [-0.39, 0.29) is 17.9 Å². The Morgan fingerprint density at radius 3 is 2.56 bits per heavy atom. The summed E-state index contributed by atoms with van der Waals surface area (Å²) < 4.78 is 14.2. The molecule has 8 nitrogen and oxygen atoms in total. The van der Waals surface area contributed by atoms with Gasteiger partial charge in [0.2, 0.25) is 5.91 Å². The van der Waals surface area contributed by atoms with Gasteiger partial charge in [0, 0.05) is 5.69 Å². The average Bonchev–Trinajstić information content (AvgIpc) is 3.11. The van der Waals surface area contributed by atoms with Crippen LogP contribution in [-0.4, -0.2) is 26.6 Å². The third-order valence-electron chi connectivity index (χ3n) is 3.49. The lowest BCUT2D eigenvalue weighted by Crippen LogP contribution is -2.22. The van der Waals surface area contributed by atoms with Crippen molar-refractivity contribution in [2.75, 3.05) is 10.6 Å². The summed E-state index contributed by atoms with van der Waals surface area (Å²) in [6.07, 6.45) is 1.27. The molecule has 0 saturated heterocycles. The third kappa shape index (κ3) is 4.52. The Balaban J connectivity index is 1.71. The number of aromatic nitrogens is 3. The quantitative estimate of drug-likeness (QED) is 0.720. The molecule has 0 atom stereocenters. The highest BCUT2D eigenvalue weighted by Crippen LogP contribution is 2.18. The largest absolute Gasteiger partial charge is 0.324 e. The van der Waals surface area contributed by atoms with Gasteiger partial charge in [-0.25, -0.2) is 14.1 Å². The van der Waals surface area contributed by atoms with Crippen molar-refractivity contribution >= 4 is 23.2 Å². The van der Waals surface area contributed by atoms with Crippen molar-refractivity contribution in [3.63, 3.8) is 0 Å². The number of nitriles is 1. The van der Waals surface area contributed by atoms with Gasteiger partial charge in [-0.15, -0.1) is 5.10 Å². The molecule has 0 aliphatic heterocycles. The molecule has 0 bridgehead atoms. The van der Waals surface area contributed by atoms with Gasteiger partial charge in [0.05, 0.1) is 11.3 Å². The first kappa shape index (κ1) is 17.8. The molecule has 0 unspecified atom stereocenters. The molecular formula is C18H13FN6O2. The minimum Gasteiger partial charge on any atom is -0.324 e. The average molecular weight is 364 g/mol. The number of rotatable bonds is 5. The van der Waals surface area contributed by atoms with Gasteiger partial charge in [0.15, 0.2) is 0 Å². The van der Waals surface area contributed by atoms with Gasteiger partial charge in [-0.2, -0.15) is 5.26 Å². The van der Waals surface area contributed by atoms with E-state index in [0.717, 1.165) is 0 Å². The molecule has 3 aromatic rings. The maximum absolute atomic E-state index is 13.0. The second-order valence-corrected chi connectivity index (χ2v) is 5.43.